The molecule has 0 fully saturated rings. The third-order valence-corrected chi connectivity index (χ3v) is 5.85. The van der Waals surface area contributed by atoms with Gasteiger partial charge in [-0.2, -0.15) is 0 Å². The summed E-state index contributed by atoms with van der Waals surface area (Å²) in [7, 11) is -3.67. The Kier molecular flexibility index (Phi) is 4.79. The third-order valence-electron chi connectivity index (χ3n) is 3.19. The molecule has 0 N–H and O–H groups in total. The normalized spacial score (nSPS) is 15.0. The molecule has 2 atom stereocenters. The van der Waals surface area contributed by atoms with Crippen molar-refractivity contribution < 1.29 is 22.0 Å². The SMILES string of the molecule is CCC(C)S(=O)(=O)C(C)C(=O)c1ccc(F)cc1F. The Hall–Kier alpha value is -1.30. The highest BCUT2D eigenvalue weighted by Gasteiger charge is 2.33. The second kappa shape index (κ2) is 5.77. The zero-order valence-corrected chi connectivity index (χ0v) is 11.8. The Balaban J connectivity index is 3.13. The summed E-state index contributed by atoms with van der Waals surface area (Å²) in [6.45, 7) is 4.42. The molecule has 0 aliphatic heterocycles. The van der Waals surface area contributed by atoms with E-state index in [1.165, 1.54) is 13.8 Å². The van der Waals surface area contributed by atoms with E-state index in [1.807, 2.05) is 0 Å². The molecule has 1 rings (SSSR count). The van der Waals surface area contributed by atoms with Crippen molar-refractivity contribution in [1.29, 1.82) is 0 Å². The monoisotopic (exact) mass is 290 g/mol. The van der Waals surface area contributed by atoms with Gasteiger partial charge >= 0.3 is 0 Å². The number of hydrogen-bond donors (Lipinski definition) is 0. The van der Waals surface area contributed by atoms with Gasteiger partial charge < -0.3 is 0 Å². The van der Waals surface area contributed by atoms with Crippen LogP contribution in [-0.2, 0) is 9.84 Å². The Morgan fingerprint density at radius 3 is 2.32 bits per heavy atom. The van der Waals surface area contributed by atoms with Crippen molar-refractivity contribution in [2.24, 2.45) is 0 Å². The van der Waals surface area contributed by atoms with E-state index in [9.17, 15) is 22.0 Å². The number of hydrogen-bond acceptors (Lipinski definition) is 3. The van der Waals surface area contributed by atoms with Crippen molar-refractivity contribution in [2.45, 2.75) is 37.7 Å². The molecule has 1 aromatic carbocycles. The molecule has 0 radical (unpaired) electrons. The smallest absolute Gasteiger partial charge is 0.183 e. The van der Waals surface area contributed by atoms with Gasteiger partial charge in [-0.15, -0.1) is 0 Å². The Morgan fingerprint density at radius 2 is 1.84 bits per heavy atom. The lowest BCUT2D eigenvalue weighted by Gasteiger charge is -2.17. The van der Waals surface area contributed by atoms with E-state index in [1.54, 1.807) is 6.92 Å². The van der Waals surface area contributed by atoms with Gasteiger partial charge in [0.05, 0.1) is 10.8 Å². The van der Waals surface area contributed by atoms with Crippen LogP contribution in [0.1, 0.15) is 37.6 Å². The molecule has 0 aromatic heterocycles. The lowest BCUT2D eigenvalue weighted by molar-refractivity contribution is 0.0987. The average molecular weight is 290 g/mol. The van der Waals surface area contributed by atoms with Crippen LogP contribution in [0.3, 0.4) is 0 Å². The summed E-state index contributed by atoms with van der Waals surface area (Å²) in [5.41, 5.74) is -0.402. The first-order chi connectivity index (χ1) is 8.71. The minimum absolute atomic E-state index is 0.367. The quantitative estimate of drug-likeness (QED) is 0.783. The van der Waals surface area contributed by atoms with E-state index in [2.05, 4.69) is 0 Å². The van der Waals surface area contributed by atoms with Crippen molar-refractivity contribution in [2.75, 3.05) is 0 Å². The van der Waals surface area contributed by atoms with Crippen LogP contribution in [0.4, 0.5) is 8.78 Å². The highest BCUT2D eigenvalue weighted by atomic mass is 32.2. The fourth-order valence-corrected chi connectivity index (χ4v) is 3.23. The number of benzene rings is 1. The van der Waals surface area contributed by atoms with Crippen LogP contribution in [0, 0.1) is 11.6 Å². The van der Waals surface area contributed by atoms with Crippen LogP contribution in [0.15, 0.2) is 18.2 Å². The maximum Gasteiger partial charge on any atom is 0.183 e. The fourth-order valence-electron chi connectivity index (χ4n) is 1.64. The van der Waals surface area contributed by atoms with E-state index in [0.717, 1.165) is 12.1 Å². The van der Waals surface area contributed by atoms with Crippen LogP contribution < -0.4 is 0 Å². The molecule has 0 saturated carbocycles. The molecule has 6 heteroatoms. The number of carbonyl (C=O) groups excluding carboxylic acids is 1. The standard InChI is InChI=1S/C13H16F2O3S/c1-4-8(2)19(17,18)9(3)13(16)11-6-5-10(14)7-12(11)15/h5-9H,4H2,1-3H3. The van der Waals surface area contributed by atoms with E-state index < -0.39 is 43.3 Å². The number of sulfone groups is 1. The number of carbonyl (C=O) groups is 1. The number of ketones is 1. The van der Waals surface area contributed by atoms with Crippen molar-refractivity contribution in [3.05, 3.63) is 35.4 Å². The average Bonchev–Trinajstić information content (AvgIpc) is 2.35. The van der Waals surface area contributed by atoms with Gasteiger partial charge in [-0.25, -0.2) is 17.2 Å². The molecule has 0 heterocycles. The van der Waals surface area contributed by atoms with Gasteiger partial charge in [0.1, 0.15) is 16.9 Å². The molecular formula is C13H16F2O3S. The van der Waals surface area contributed by atoms with Gasteiger partial charge in [0.15, 0.2) is 15.6 Å². The first kappa shape index (κ1) is 15.8. The Morgan fingerprint density at radius 1 is 1.26 bits per heavy atom. The van der Waals surface area contributed by atoms with Crippen LogP contribution in [0.5, 0.6) is 0 Å². The maximum atomic E-state index is 13.5. The highest BCUT2D eigenvalue weighted by molar-refractivity contribution is 7.93. The summed E-state index contributed by atoms with van der Waals surface area (Å²) in [4.78, 5) is 12.0. The summed E-state index contributed by atoms with van der Waals surface area (Å²) >= 11 is 0. The van der Waals surface area contributed by atoms with Crippen molar-refractivity contribution in [3.8, 4) is 0 Å². The molecule has 0 aliphatic carbocycles. The molecule has 2 unspecified atom stereocenters. The van der Waals surface area contributed by atoms with Crippen molar-refractivity contribution in [3.63, 3.8) is 0 Å². The summed E-state index contributed by atoms with van der Waals surface area (Å²) in [6.07, 6.45) is 0.367. The fraction of sp³-hybridized carbons (Fsp3) is 0.462. The van der Waals surface area contributed by atoms with Gasteiger partial charge in [-0.05, 0) is 32.4 Å². The lowest BCUT2D eigenvalue weighted by Crippen LogP contribution is -2.34. The zero-order chi connectivity index (χ0) is 14.8. The molecule has 0 bridgehead atoms. The highest BCUT2D eigenvalue weighted by Crippen LogP contribution is 2.19. The summed E-state index contributed by atoms with van der Waals surface area (Å²) in [6, 6.07) is 2.46. The van der Waals surface area contributed by atoms with Crippen LogP contribution in [-0.4, -0.2) is 24.7 Å². The number of rotatable bonds is 5. The summed E-state index contributed by atoms with van der Waals surface area (Å²) < 4.78 is 50.3. The van der Waals surface area contributed by atoms with E-state index in [4.69, 9.17) is 0 Å². The van der Waals surface area contributed by atoms with Crippen LogP contribution in [0.2, 0.25) is 0 Å². The van der Waals surface area contributed by atoms with Crippen molar-refractivity contribution >= 4 is 15.6 Å². The largest absolute Gasteiger partial charge is 0.293 e. The molecule has 0 amide bonds. The molecule has 1 aromatic rings. The van der Waals surface area contributed by atoms with Gasteiger partial charge in [0.25, 0.3) is 0 Å². The summed E-state index contributed by atoms with van der Waals surface area (Å²) in [5.74, 6) is -2.71. The number of halogens is 2. The Labute approximate surface area is 111 Å². The molecule has 106 valence electrons. The van der Waals surface area contributed by atoms with E-state index in [0.29, 0.717) is 12.5 Å². The van der Waals surface area contributed by atoms with Crippen molar-refractivity contribution in [1.82, 2.24) is 0 Å². The molecule has 0 spiro atoms. The predicted molar refractivity (Wildman–Crippen MR) is 68.8 cm³/mol. The predicted octanol–water partition coefficient (Wildman–Crippen LogP) is 2.75. The first-order valence-electron chi connectivity index (χ1n) is 5.93. The van der Waals surface area contributed by atoms with Gasteiger partial charge in [-0.1, -0.05) is 6.92 Å². The third kappa shape index (κ3) is 3.18. The second-order valence-electron chi connectivity index (χ2n) is 4.44. The topological polar surface area (TPSA) is 51.2 Å². The second-order valence-corrected chi connectivity index (χ2v) is 7.13. The molecule has 3 nitrogen and oxygen atoms in total. The van der Waals surface area contributed by atoms with Gasteiger partial charge in [0.2, 0.25) is 0 Å². The number of Topliss-reactive ketones (excluding diaryl/α,β-unsaturated/α-hetero) is 1. The van der Waals surface area contributed by atoms with E-state index in [-0.39, 0.29) is 0 Å². The minimum Gasteiger partial charge on any atom is -0.293 e. The molecular weight excluding hydrogens is 274 g/mol. The molecule has 19 heavy (non-hydrogen) atoms. The van der Waals surface area contributed by atoms with Crippen LogP contribution >= 0.6 is 0 Å². The molecule has 0 aliphatic rings. The summed E-state index contributed by atoms with van der Waals surface area (Å²) in [5, 5.41) is -2.03. The van der Waals surface area contributed by atoms with Gasteiger partial charge in [0, 0.05) is 6.07 Å². The zero-order valence-electron chi connectivity index (χ0n) is 11.0. The maximum absolute atomic E-state index is 13.5. The van der Waals surface area contributed by atoms with E-state index >= 15 is 0 Å². The minimum atomic E-state index is -3.67. The lowest BCUT2D eigenvalue weighted by atomic mass is 10.1. The Bertz CT molecular complexity index is 582. The van der Waals surface area contributed by atoms with Gasteiger partial charge in [-0.3, -0.25) is 4.79 Å². The molecule has 0 saturated heterocycles. The van der Waals surface area contributed by atoms with Crippen LogP contribution in [0.25, 0.3) is 0 Å². The first-order valence-corrected chi connectivity index (χ1v) is 7.54.